The molecule has 0 fully saturated rings. The molecular formula is C52H33N3OSi. The van der Waals surface area contributed by atoms with Gasteiger partial charge in [0.2, 0.25) is 0 Å². The number of rotatable bonds is 5. The maximum Gasteiger partial charge on any atom is 0.185 e. The monoisotopic (exact) mass is 743 g/mol. The van der Waals surface area contributed by atoms with E-state index in [-0.39, 0.29) is 0 Å². The van der Waals surface area contributed by atoms with Crippen molar-refractivity contribution >= 4 is 72.6 Å². The summed E-state index contributed by atoms with van der Waals surface area (Å²) >= 11 is 0. The molecule has 8 aromatic carbocycles. The summed E-state index contributed by atoms with van der Waals surface area (Å²) in [6, 6.07) is 71.9. The van der Waals surface area contributed by atoms with Crippen LogP contribution in [0, 0.1) is 0 Å². The van der Waals surface area contributed by atoms with Crippen molar-refractivity contribution in [2.24, 2.45) is 0 Å². The molecule has 5 heteroatoms. The molecule has 0 N–H and O–H groups in total. The average molecular weight is 744 g/mol. The zero-order valence-electron chi connectivity index (χ0n) is 30.8. The van der Waals surface area contributed by atoms with E-state index in [1.807, 2.05) is 12.1 Å². The second-order valence-electron chi connectivity index (χ2n) is 14.8. The van der Waals surface area contributed by atoms with Crippen LogP contribution in [0.1, 0.15) is 0 Å². The summed E-state index contributed by atoms with van der Waals surface area (Å²) in [6.45, 7) is 0. The lowest BCUT2D eigenvalue weighted by atomic mass is 10.0. The maximum atomic E-state index is 6.52. The minimum atomic E-state index is -3.01. The zero-order valence-corrected chi connectivity index (χ0v) is 31.8. The van der Waals surface area contributed by atoms with E-state index in [4.69, 9.17) is 14.4 Å². The Morgan fingerprint density at radius 1 is 0.439 bits per heavy atom. The van der Waals surface area contributed by atoms with Gasteiger partial charge in [-0.25, -0.2) is 9.97 Å². The van der Waals surface area contributed by atoms with Crippen molar-refractivity contribution in [1.29, 1.82) is 0 Å². The van der Waals surface area contributed by atoms with Gasteiger partial charge >= 0.3 is 0 Å². The first kappa shape index (κ1) is 32.0. The molecular weight excluding hydrogens is 711 g/mol. The van der Waals surface area contributed by atoms with E-state index in [1.54, 1.807) is 0 Å². The van der Waals surface area contributed by atoms with Crippen LogP contribution in [0.2, 0.25) is 0 Å². The van der Waals surface area contributed by atoms with Gasteiger partial charge in [0.05, 0.1) is 33.5 Å². The normalized spacial score (nSPS) is 13.1. The zero-order chi connectivity index (χ0) is 37.5. The van der Waals surface area contributed by atoms with Gasteiger partial charge in [0.1, 0.15) is 11.2 Å². The fourth-order valence-corrected chi connectivity index (χ4v) is 14.8. The van der Waals surface area contributed by atoms with Crippen LogP contribution in [0.15, 0.2) is 205 Å². The van der Waals surface area contributed by atoms with Gasteiger partial charge in [-0.2, -0.15) is 0 Å². The molecule has 266 valence electrons. The third-order valence-electron chi connectivity index (χ3n) is 11.9. The molecule has 1 aliphatic heterocycles. The summed E-state index contributed by atoms with van der Waals surface area (Å²) in [4.78, 5) is 11.3. The highest BCUT2D eigenvalue weighted by Crippen LogP contribution is 2.43. The molecule has 0 bridgehead atoms. The standard InChI is InChI=1S/C52H33N3OSi/c1-4-18-34(19-5-1)52-53-48(51-49(54-52)41-27-13-17-31-46(41)57(51,35-20-6-2-7-21-35)36-22-8-3-9-23-36)39-25-11-15-29-43(39)55-42-28-14-10-24-37(42)38-32-33-45-47(50(38)55)40-26-12-16-30-44(40)56-45/h1-33H. The van der Waals surface area contributed by atoms with Crippen molar-refractivity contribution in [2.45, 2.75) is 0 Å². The lowest BCUT2D eigenvalue weighted by Crippen LogP contribution is -2.73. The van der Waals surface area contributed by atoms with Gasteiger partial charge in [0.15, 0.2) is 13.9 Å². The van der Waals surface area contributed by atoms with Crippen LogP contribution in [0.4, 0.5) is 0 Å². The Morgan fingerprint density at radius 2 is 1.02 bits per heavy atom. The predicted molar refractivity (Wildman–Crippen MR) is 237 cm³/mol. The van der Waals surface area contributed by atoms with Gasteiger partial charge < -0.3 is 8.98 Å². The number of aromatic nitrogens is 3. The second-order valence-corrected chi connectivity index (χ2v) is 18.5. The molecule has 0 aliphatic carbocycles. The molecule has 0 saturated carbocycles. The smallest absolute Gasteiger partial charge is 0.185 e. The summed E-state index contributed by atoms with van der Waals surface area (Å²) < 4.78 is 8.98. The molecule has 0 atom stereocenters. The minimum absolute atomic E-state index is 0.713. The minimum Gasteiger partial charge on any atom is -0.456 e. The van der Waals surface area contributed by atoms with E-state index in [1.165, 1.54) is 37.1 Å². The number of benzene rings is 8. The molecule has 11 aromatic rings. The van der Waals surface area contributed by atoms with Crippen molar-refractivity contribution < 1.29 is 4.42 Å². The van der Waals surface area contributed by atoms with Crippen LogP contribution in [-0.4, -0.2) is 22.6 Å². The molecule has 0 radical (unpaired) electrons. The first-order valence-corrected chi connectivity index (χ1v) is 21.4. The molecule has 57 heavy (non-hydrogen) atoms. The summed E-state index contributed by atoms with van der Waals surface area (Å²) in [5.74, 6) is 0.713. The highest BCUT2D eigenvalue weighted by molar-refractivity contribution is 7.22. The predicted octanol–water partition coefficient (Wildman–Crippen LogP) is 10.2. The summed E-state index contributed by atoms with van der Waals surface area (Å²) in [6.07, 6.45) is 0. The molecule has 4 heterocycles. The number of hydrogen-bond donors (Lipinski definition) is 0. The fourth-order valence-electron chi connectivity index (χ4n) is 9.60. The maximum absolute atomic E-state index is 6.52. The van der Waals surface area contributed by atoms with Gasteiger partial charge in [-0.3, -0.25) is 0 Å². The lowest BCUT2D eigenvalue weighted by molar-refractivity contribution is 0.669. The summed E-state index contributed by atoms with van der Waals surface area (Å²) in [7, 11) is -3.01. The van der Waals surface area contributed by atoms with E-state index in [2.05, 4.69) is 193 Å². The Balaban J connectivity index is 1.27. The molecule has 0 spiro atoms. The Hall–Kier alpha value is -7.34. The fraction of sp³-hybridized carbons (Fsp3) is 0. The molecule has 4 nitrogen and oxygen atoms in total. The molecule has 0 saturated heterocycles. The Labute approximate surface area is 330 Å². The second kappa shape index (κ2) is 12.3. The Morgan fingerprint density at radius 3 is 1.77 bits per heavy atom. The van der Waals surface area contributed by atoms with E-state index < -0.39 is 8.07 Å². The first-order chi connectivity index (χ1) is 28.3. The molecule has 12 rings (SSSR count). The molecule has 0 unspecified atom stereocenters. The van der Waals surface area contributed by atoms with Crippen molar-refractivity contribution in [3.8, 4) is 39.6 Å². The van der Waals surface area contributed by atoms with Crippen LogP contribution in [0.25, 0.3) is 83.3 Å². The van der Waals surface area contributed by atoms with Gasteiger partial charge in [-0.05, 0) is 45.9 Å². The topological polar surface area (TPSA) is 43.9 Å². The average Bonchev–Trinajstić information content (AvgIpc) is 3.93. The largest absolute Gasteiger partial charge is 0.456 e. The number of furan rings is 1. The van der Waals surface area contributed by atoms with Gasteiger partial charge in [0.25, 0.3) is 0 Å². The third-order valence-corrected chi connectivity index (χ3v) is 16.8. The highest BCUT2D eigenvalue weighted by Gasteiger charge is 2.52. The van der Waals surface area contributed by atoms with Crippen molar-refractivity contribution in [3.63, 3.8) is 0 Å². The van der Waals surface area contributed by atoms with Gasteiger partial charge in [0, 0.05) is 38.0 Å². The van der Waals surface area contributed by atoms with Crippen LogP contribution in [0.5, 0.6) is 0 Å². The van der Waals surface area contributed by atoms with Gasteiger partial charge in [-0.1, -0.05) is 170 Å². The van der Waals surface area contributed by atoms with Crippen LogP contribution in [-0.2, 0) is 0 Å². The van der Waals surface area contributed by atoms with E-state index in [0.717, 1.165) is 61.2 Å². The Bertz CT molecular complexity index is 3310. The molecule has 1 aliphatic rings. The van der Waals surface area contributed by atoms with E-state index in [0.29, 0.717) is 5.82 Å². The first-order valence-electron chi connectivity index (χ1n) is 19.4. The van der Waals surface area contributed by atoms with Crippen molar-refractivity contribution in [2.75, 3.05) is 0 Å². The molecule has 3 aromatic heterocycles. The number of fused-ring (bicyclic) bond motifs is 10. The summed E-state index contributed by atoms with van der Waals surface area (Å²) in [5, 5.41) is 9.74. The Kier molecular flexibility index (Phi) is 6.91. The van der Waals surface area contributed by atoms with Crippen LogP contribution in [0.3, 0.4) is 0 Å². The van der Waals surface area contributed by atoms with Crippen LogP contribution < -0.4 is 20.7 Å². The van der Waals surface area contributed by atoms with Gasteiger partial charge in [-0.15, -0.1) is 0 Å². The quantitative estimate of drug-likeness (QED) is 0.165. The number of hydrogen-bond acceptors (Lipinski definition) is 3. The van der Waals surface area contributed by atoms with Crippen LogP contribution >= 0.6 is 0 Å². The number of nitrogens with zero attached hydrogens (tertiary/aromatic N) is 3. The van der Waals surface area contributed by atoms with Crippen molar-refractivity contribution in [1.82, 2.24) is 14.5 Å². The summed E-state index contributed by atoms with van der Waals surface area (Å²) in [5.41, 5.74) is 10.2. The SMILES string of the molecule is c1ccc(-c2nc(-c3ccccc3-n3c4ccccc4c4ccc5oc6ccccc6c5c43)c3c(n2)-c2ccccc2[Si]3(c2ccccc2)c2ccccc2)cc1. The third kappa shape index (κ3) is 4.49. The van der Waals surface area contributed by atoms with E-state index in [9.17, 15) is 0 Å². The lowest BCUT2D eigenvalue weighted by Gasteiger charge is -2.32. The number of para-hydroxylation sites is 3. The van der Waals surface area contributed by atoms with Crippen molar-refractivity contribution in [3.05, 3.63) is 200 Å². The molecule has 0 amide bonds. The highest BCUT2D eigenvalue weighted by atomic mass is 28.3. The van der Waals surface area contributed by atoms with E-state index >= 15 is 0 Å².